The molecule has 0 unspecified atom stereocenters. The molecule has 3 fully saturated rings. The molecule has 0 heterocycles. The number of aliphatic carboxylic acids is 2. The lowest BCUT2D eigenvalue weighted by Crippen LogP contribution is -2.45. The van der Waals surface area contributed by atoms with Crippen molar-refractivity contribution in [2.24, 2.45) is 17.8 Å². The van der Waals surface area contributed by atoms with Gasteiger partial charge in [-0.2, -0.15) is 0 Å². The second-order valence-electron chi connectivity index (χ2n) is 16.2. The molecule has 0 saturated heterocycles. The highest BCUT2D eigenvalue weighted by Gasteiger charge is 2.41. The number of rotatable bonds is 7. The summed E-state index contributed by atoms with van der Waals surface area (Å²) in [4.78, 5) is 32.3. The summed E-state index contributed by atoms with van der Waals surface area (Å²) in [6.45, 7) is 22.6. The van der Waals surface area contributed by atoms with Crippen molar-refractivity contribution in [3.63, 3.8) is 0 Å². The van der Waals surface area contributed by atoms with Gasteiger partial charge in [0.15, 0.2) is 16.6 Å². The number of carbonyl (C=O) groups excluding carboxylic acids is 1. The van der Waals surface area contributed by atoms with Crippen LogP contribution in [0.5, 0.6) is 0 Å². The number of hydrogen-bond acceptors (Lipinski definition) is 6. The molecule has 0 atom stereocenters. The maximum atomic E-state index is 11.1. The molecule has 3 aliphatic carbocycles. The SMILES string of the molecule is CC(C)(C)[Si](C)(C)OC1CCC(C(=O)Cl)CC1.CC(C)(C)[Si](C)(C)OC1CCC(C(=O)O)CC1.O=C(O)C1CCC(O)CC1. The summed E-state index contributed by atoms with van der Waals surface area (Å²) in [7, 11) is -3.35. The second kappa shape index (κ2) is 17.4. The number of carbonyl (C=O) groups is 3. The first-order valence-electron chi connectivity index (χ1n) is 16.7. The first-order chi connectivity index (χ1) is 20.0. The molecule has 0 aromatic rings. The van der Waals surface area contributed by atoms with Gasteiger partial charge < -0.3 is 24.2 Å². The third-order valence-corrected chi connectivity index (χ3v) is 20.0. The van der Waals surface area contributed by atoms with Gasteiger partial charge in [0.2, 0.25) is 5.24 Å². The quantitative estimate of drug-likeness (QED) is 0.180. The third kappa shape index (κ3) is 13.9. The van der Waals surface area contributed by atoms with Crippen LogP contribution in [0.25, 0.3) is 0 Å². The molecule has 0 aliphatic heterocycles. The van der Waals surface area contributed by atoms with Gasteiger partial charge in [0, 0.05) is 18.1 Å². The van der Waals surface area contributed by atoms with E-state index < -0.39 is 28.6 Å². The Bertz CT molecular complexity index is 846. The molecule has 258 valence electrons. The van der Waals surface area contributed by atoms with Crippen LogP contribution in [0.15, 0.2) is 0 Å². The number of carboxylic acids is 2. The smallest absolute Gasteiger partial charge is 0.306 e. The standard InChI is InChI=1S/C13H25ClO2Si.C13H26O3Si.C7H12O3/c2*1-13(2,3)17(4,5)16-11-8-6-10(7-9-11)12(14)15;8-6-3-1-5(2-4-6)7(9)10/h10-11H,6-9H2,1-5H3;10-11H,6-9H2,1-5H3,(H,14,15);5-6,8H,1-4H2,(H,9,10). The van der Waals surface area contributed by atoms with Crippen molar-refractivity contribution >= 4 is 45.4 Å². The molecule has 0 aromatic heterocycles. The van der Waals surface area contributed by atoms with Crippen molar-refractivity contribution in [2.75, 3.05) is 0 Å². The van der Waals surface area contributed by atoms with E-state index in [1.54, 1.807) is 0 Å². The second-order valence-corrected chi connectivity index (χ2v) is 26.1. The van der Waals surface area contributed by atoms with Gasteiger partial charge >= 0.3 is 11.9 Å². The zero-order chi connectivity index (χ0) is 34.1. The van der Waals surface area contributed by atoms with Crippen LogP contribution in [-0.2, 0) is 23.2 Å². The Hall–Kier alpha value is -0.786. The largest absolute Gasteiger partial charge is 0.481 e. The maximum Gasteiger partial charge on any atom is 0.306 e. The molecule has 3 aliphatic rings. The lowest BCUT2D eigenvalue weighted by molar-refractivity contribution is -0.144. The normalized spacial score (nSPS) is 28.5. The van der Waals surface area contributed by atoms with Gasteiger partial charge in [-0.1, -0.05) is 41.5 Å². The van der Waals surface area contributed by atoms with Crippen LogP contribution < -0.4 is 0 Å². The number of hydrogen-bond donors (Lipinski definition) is 3. The van der Waals surface area contributed by atoms with E-state index in [0.29, 0.717) is 31.8 Å². The Morgan fingerprint density at radius 3 is 1.09 bits per heavy atom. The summed E-state index contributed by atoms with van der Waals surface area (Å²) in [5.41, 5.74) is 0. The molecular weight excluding hydrogens is 616 g/mol. The van der Waals surface area contributed by atoms with Crippen molar-refractivity contribution in [3.05, 3.63) is 0 Å². The average molecular weight is 679 g/mol. The zero-order valence-electron chi connectivity index (χ0n) is 29.2. The number of aliphatic hydroxyl groups is 1. The number of carboxylic acid groups (broad SMARTS) is 2. The third-order valence-electron chi connectivity index (χ3n) is 10.6. The summed E-state index contributed by atoms with van der Waals surface area (Å²) in [5.74, 6) is -1.64. The van der Waals surface area contributed by atoms with Crippen molar-refractivity contribution < 1.29 is 38.6 Å². The van der Waals surface area contributed by atoms with Gasteiger partial charge in [0.1, 0.15) is 0 Å². The van der Waals surface area contributed by atoms with Crippen LogP contribution in [0.3, 0.4) is 0 Å². The average Bonchev–Trinajstić information content (AvgIpc) is 2.88. The lowest BCUT2D eigenvalue weighted by atomic mass is 9.88. The van der Waals surface area contributed by atoms with Crippen molar-refractivity contribution in [1.29, 1.82) is 0 Å². The minimum Gasteiger partial charge on any atom is -0.481 e. The molecule has 0 aromatic carbocycles. The molecule has 11 heteroatoms. The van der Waals surface area contributed by atoms with Crippen LogP contribution in [-0.4, -0.2) is 67.4 Å². The van der Waals surface area contributed by atoms with Crippen LogP contribution in [0.1, 0.15) is 119 Å². The summed E-state index contributed by atoms with van der Waals surface area (Å²) in [5, 5.41) is 26.8. The van der Waals surface area contributed by atoms with E-state index in [-0.39, 0.29) is 45.3 Å². The van der Waals surface area contributed by atoms with Gasteiger partial charge in [0.05, 0.1) is 17.9 Å². The van der Waals surface area contributed by atoms with E-state index >= 15 is 0 Å². The predicted molar refractivity (Wildman–Crippen MR) is 182 cm³/mol. The monoisotopic (exact) mass is 678 g/mol. The van der Waals surface area contributed by atoms with E-state index in [1.807, 2.05) is 0 Å². The zero-order valence-corrected chi connectivity index (χ0v) is 32.0. The van der Waals surface area contributed by atoms with E-state index in [9.17, 15) is 14.4 Å². The Morgan fingerprint density at radius 2 is 0.841 bits per heavy atom. The fourth-order valence-electron chi connectivity index (χ4n) is 5.34. The van der Waals surface area contributed by atoms with Gasteiger partial charge in [-0.05, 0) is 125 Å². The predicted octanol–water partition coefficient (Wildman–Crippen LogP) is 8.61. The van der Waals surface area contributed by atoms with Crippen LogP contribution in [0.4, 0.5) is 0 Å². The van der Waals surface area contributed by atoms with Crippen LogP contribution in [0.2, 0.25) is 36.3 Å². The Morgan fingerprint density at radius 1 is 0.568 bits per heavy atom. The van der Waals surface area contributed by atoms with Gasteiger partial charge in [-0.3, -0.25) is 14.4 Å². The lowest BCUT2D eigenvalue weighted by Gasteiger charge is -2.41. The fraction of sp³-hybridized carbons (Fsp3) is 0.909. The Kier molecular flexibility index (Phi) is 16.3. The van der Waals surface area contributed by atoms with E-state index in [4.69, 9.17) is 35.8 Å². The Labute approximate surface area is 274 Å². The van der Waals surface area contributed by atoms with Crippen molar-refractivity contribution in [2.45, 2.75) is 173 Å². The van der Waals surface area contributed by atoms with Gasteiger partial charge in [0.25, 0.3) is 0 Å². The van der Waals surface area contributed by atoms with Crippen LogP contribution in [0, 0.1) is 17.8 Å². The molecule has 0 bridgehead atoms. The molecule has 3 rings (SSSR count). The molecule has 44 heavy (non-hydrogen) atoms. The van der Waals surface area contributed by atoms with E-state index in [2.05, 4.69) is 67.7 Å². The van der Waals surface area contributed by atoms with E-state index in [0.717, 1.165) is 51.4 Å². The minimum atomic E-state index is -1.69. The number of halogens is 1. The highest BCUT2D eigenvalue weighted by Crippen LogP contribution is 2.41. The highest BCUT2D eigenvalue weighted by molar-refractivity contribution is 6.74. The molecule has 3 N–H and O–H groups in total. The Balaban J connectivity index is 0.000000342. The molecule has 0 radical (unpaired) electrons. The summed E-state index contributed by atoms with van der Waals surface area (Å²) < 4.78 is 12.7. The molecule has 0 spiro atoms. The fourth-order valence-corrected chi connectivity index (χ4v) is 8.41. The molecular formula is C33H63ClO8Si2. The summed E-state index contributed by atoms with van der Waals surface area (Å²) in [6.07, 6.45) is 10.0. The maximum absolute atomic E-state index is 11.1. The van der Waals surface area contributed by atoms with Crippen LogP contribution >= 0.6 is 11.6 Å². The van der Waals surface area contributed by atoms with Gasteiger partial charge in [-0.15, -0.1) is 0 Å². The van der Waals surface area contributed by atoms with Gasteiger partial charge in [-0.25, -0.2) is 0 Å². The summed E-state index contributed by atoms with van der Waals surface area (Å²) in [6, 6.07) is 0. The highest BCUT2D eigenvalue weighted by atomic mass is 35.5. The first-order valence-corrected chi connectivity index (χ1v) is 22.8. The topological polar surface area (TPSA) is 130 Å². The minimum absolute atomic E-state index is 0.0657. The first kappa shape index (κ1) is 41.2. The molecule has 8 nitrogen and oxygen atoms in total. The summed E-state index contributed by atoms with van der Waals surface area (Å²) >= 11 is 5.54. The number of aliphatic hydroxyl groups excluding tert-OH is 1. The van der Waals surface area contributed by atoms with E-state index in [1.165, 1.54) is 0 Å². The molecule has 3 saturated carbocycles. The van der Waals surface area contributed by atoms with Crippen molar-refractivity contribution in [1.82, 2.24) is 0 Å². The van der Waals surface area contributed by atoms with Crippen molar-refractivity contribution in [3.8, 4) is 0 Å². The molecule has 0 amide bonds.